The van der Waals surface area contributed by atoms with Crippen molar-refractivity contribution in [3.63, 3.8) is 0 Å². The minimum Gasteiger partial charge on any atom is -0.309 e. The largest absolute Gasteiger partial charge is 0.309 e. The number of hydrogen-bond acceptors (Lipinski definition) is 2. The average Bonchev–Trinajstić information content (AvgIpc) is 2.68. The van der Waals surface area contributed by atoms with Crippen LogP contribution in [0.4, 0.5) is 0 Å². The van der Waals surface area contributed by atoms with Crippen LogP contribution >= 0.6 is 27.3 Å². The SMILES string of the molecule is CCCCC(CCC)NCc1sccc1Br. The zero-order valence-electron chi connectivity index (χ0n) is 10.3. The smallest absolute Gasteiger partial charge is 0.0327 e. The minimum atomic E-state index is 0.693. The van der Waals surface area contributed by atoms with Crippen molar-refractivity contribution in [1.29, 1.82) is 0 Å². The first-order chi connectivity index (χ1) is 7.77. The summed E-state index contributed by atoms with van der Waals surface area (Å²) < 4.78 is 1.25. The maximum absolute atomic E-state index is 3.68. The normalized spacial score (nSPS) is 12.9. The van der Waals surface area contributed by atoms with E-state index in [4.69, 9.17) is 0 Å². The van der Waals surface area contributed by atoms with Gasteiger partial charge in [0.05, 0.1) is 0 Å². The number of thiophene rings is 1. The Labute approximate surface area is 112 Å². The maximum Gasteiger partial charge on any atom is 0.0327 e. The molecule has 1 unspecified atom stereocenters. The molecule has 1 aromatic rings. The molecule has 1 aromatic heterocycles. The molecule has 0 spiro atoms. The van der Waals surface area contributed by atoms with Gasteiger partial charge >= 0.3 is 0 Å². The lowest BCUT2D eigenvalue weighted by Crippen LogP contribution is -2.28. The van der Waals surface area contributed by atoms with Crippen molar-refractivity contribution in [2.45, 2.75) is 58.5 Å². The summed E-state index contributed by atoms with van der Waals surface area (Å²) in [5.41, 5.74) is 0. The van der Waals surface area contributed by atoms with Gasteiger partial charge < -0.3 is 5.32 Å². The maximum atomic E-state index is 3.68. The van der Waals surface area contributed by atoms with Gasteiger partial charge in [0.2, 0.25) is 0 Å². The van der Waals surface area contributed by atoms with E-state index >= 15 is 0 Å². The molecule has 0 aliphatic heterocycles. The first-order valence-corrected chi connectivity index (χ1v) is 7.90. The molecule has 16 heavy (non-hydrogen) atoms. The van der Waals surface area contributed by atoms with Crippen molar-refractivity contribution in [3.05, 3.63) is 20.8 Å². The molecule has 0 fully saturated rings. The molecule has 0 saturated heterocycles. The monoisotopic (exact) mass is 303 g/mol. The van der Waals surface area contributed by atoms with Crippen molar-refractivity contribution in [3.8, 4) is 0 Å². The number of halogens is 1. The third-order valence-corrected chi connectivity index (χ3v) is 4.71. The average molecular weight is 304 g/mol. The zero-order chi connectivity index (χ0) is 11.8. The van der Waals surface area contributed by atoms with Crippen molar-refractivity contribution in [2.24, 2.45) is 0 Å². The minimum absolute atomic E-state index is 0.693. The van der Waals surface area contributed by atoms with Crippen LogP contribution in [0.15, 0.2) is 15.9 Å². The summed E-state index contributed by atoms with van der Waals surface area (Å²) >= 11 is 5.40. The highest BCUT2D eigenvalue weighted by Gasteiger charge is 2.08. The summed E-state index contributed by atoms with van der Waals surface area (Å²) in [5, 5.41) is 5.82. The van der Waals surface area contributed by atoms with Crippen LogP contribution in [0.2, 0.25) is 0 Å². The van der Waals surface area contributed by atoms with E-state index in [-0.39, 0.29) is 0 Å². The number of nitrogens with one attached hydrogen (secondary N) is 1. The Hall–Kier alpha value is 0.140. The number of unbranched alkanes of at least 4 members (excludes halogenated alkanes) is 1. The third-order valence-electron chi connectivity index (χ3n) is 2.79. The first-order valence-electron chi connectivity index (χ1n) is 6.23. The molecule has 0 bridgehead atoms. The third kappa shape index (κ3) is 4.98. The summed E-state index contributed by atoms with van der Waals surface area (Å²) in [6, 6.07) is 2.82. The van der Waals surface area contributed by atoms with Gasteiger partial charge in [0, 0.05) is 21.9 Å². The molecule has 0 radical (unpaired) electrons. The lowest BCUT2D eigenvalue weighted by atomic mass is 10.1. The Morgan fingerprint density at radius 2 is 2.12 bits per heavy atom. The van der Waals surface area contributed by atoms with Crippen molar-refractivity contribution >= 4 is 27.3 Å². The molecule has 1 rings (SSSR count). The van der Waals surface area contributed by atoms with E-state index in [1.165, 1.54) is 41.5 Å². The molecule has 92 valence electrons. The van der Waals surface area contributed by atoms with Crippen LogP contribution in [0, 0.1) is 0 Å². The van der Waals surface area contributed by atoms with Crippen molar-refractivity contribution in [1.82, 2.24) is 5.32 Å². The van der Waals surface area contributed by atoms with Gasteiger partial charge in [0.1, 0.15) is 0 Å². The van der Waals surface area contributed by atoms with E-state index in [0.29, 0.717) is 6.04 Å². The standard InChI is InChI=1S/C13H22BrNS/c1-3-5-7-11(6-4-2)15-10-13-12(14)8-9-16-13/h8-9,11,15H,3-7,10H2,1-2H3. The van der Waals surface area contributed by atoms with Gasteiger partial charge in [-0.25, -0.2) is 0 Å². The zero-order valence-corrected chi connectivity index (χ0v) is 12.7. The molecular formula is C13H22BrNS. The van der Waals surface area contributed by atoms with Gasteiger partial charge in [-0.05, 0) is 40.2 Å². The predicted molar refractivity (Wildman–Crippen MR) is 77.1 cm³/mol. The van der Waals surface area contributed by atoms with E-state index in [2.05, 4.69) is 46.5 Å². The van der Waals surface area contributed by atoms with E-state index in [9.17, 15) is 0 Å². The Kier molecular flexibility index (Phi) is 7.33. The molecule has 3 heteroatoms. The Bertz CT molecular complexity index is 285. The molecule has 0 aliphatic carbocycles. The van der Waals surface area contributed by atoms with Gasteiger partial charge in [0.25, 0.3) is 0 Å². The molecule has 0 aromatic carbocycles. The topological polar surface area (TPSA) is 12.0 Å². The predicted octanol–water partition coefficient (Wildman–Crippen LogP) is 4.96. The Morgan fingerprint density at radius 1 is 1.31 bits per heavy atom. The van der Waals surface area contributed by atoms with Crippen LogP contribution in [0.25, 0.3) is 0 Å². The fraction of sp³-hybridized carbons (Fsp3) is 0.692. The summed E-state index contributed by atoms with van der Waals surface area (Å²) in [4.78, 5) is 1.41. The molecule has 0 aliphatic rings. The van der Waals surface area contributed by atoms with Gasteiger partial charge in [-0.1, -0.05) is 33.1 Å². The number of rotatable bonds is 8. The molecular weight excluding hydrogens is 282 g/mol. The summed E-state index contributed by atoms with van der Waals surface area (Å²) in [5.74, 6) is 0. The molecule has 1 N–H and O–H groups in total. The van der Waals surface area contributed by atoms with Gasteiger partial charge in [-0.15, -0.1) is 11.3 Å². The second-order valence-electron chi connectivity index (χ2n) is 4.20. The fourth-order valence-corrected chi connectivity index (χ4v) is 3.28. The van der Waals surface area contributed by atoms with Gasteiger partial charge in [0.15, 0.2) is 0 Å². The second-order valence-corrected chi connectivity index (χ2v) is 6.06. The van der Waals surface area contributed by atoms with Crippen LogP contribution in [0.3, 0.4) is 0 Å². The highest BCUT2D eigenvalue weighted by atomic mass is 79.9. The second kappa shape index (κ2) is 8.26. The highest BCUT2D eigenvalue weighted by molar-refractivity contribution is 9.10. The summed E-state index contributed by atoms with van der Waals surface area (Å²) in [6.45, 7) is 5.53. The van der Waals surface area contributed by atoms with Gasteiger partial charge in [-0.2, -0.15) is 0 Å². The lowest BCUT2D eigenvalue weighted by molar-refractivity contribution is 0.435. The molecule has 1 atom stereocenters. The van der Waals surface area contributed by atoms with Crippen LogP contribution in [-0.4, -0.2) is 6.04 Å². The fourth-order valence-electron chi connectivity index (χ4n) is 1.84. The Morgan fingerprint density at radius 3 is 2.69 bits per heavy atom. The molecule has 0 saturated carbocycles. The molecule has 1 nitrogen and oxygen atoms in total. The van der Waals surface area contributed by atoms with E-state index in [1.54, 1.807) is 0 Å². The van der Waals surface area contributed by atoms with Gasteiger partial charge in [-0.3, -0.25) is 0 Å². The summed E-state index contributed by atoms with van der Waals surface area (Å²) in [6.07, 6.45) is 6.51. The van der Waals surface area contributed by atoms with Crippen LogP contribution < -0.4 is 5.32 Å². The van der Waals surface area contributed by atoms with Crippen LogP contribution in [0.5, 0.6) is 0 Å². The summed E-state index contributed by atoms with van der Waals surface area (Å²) in [7, 11) is 0. The molecule has 0 amide bonds. The lowest BCUT2D eigenvalue weighted by Gasteiger charge is -2.17. The Balaban J connectivity index is 2.34. The van der Waals surface area contributed by atoms with E-state index in [1.807, 2.05) is 11.3 Å². The van der Waals surface area contributed by atoms with Crippen molar-refractivity contribution < 1.29 is 0 Å². The number of hydrogen-bond donors (Lipinski definition) is 1. The molecule has 1 heterocycles. The van der Waals surface area contributed by atoms with Crippen molar-refractivity contribution in [2.75, 3.05) is 0 Å². The van der Waals surface area contributed by atoms with E-state index < -0.39 is 0 Å². The van der Waals surface area contributed by atoms with Crippen LogP contribution in [0.1, 0.15) is 50.8 Å². The quantitative estimate of drug-likeness (QED) is 0.716. The first kappa shape index (κ1) is 14.2. The van der Waals surface area contributed by atoms with E-state index in [0.717, 1.165) is 6.54 Å². The highest BCUT2D eigenvalue weighted by Crippen LogP contribution is 2.22. The van der Waals surface area contributed by atoms with Crippen LogP contribution in [-0.2, 0) is 6.54 Å².